The first-order valence-electron chi connectivity index (χ1n) is 9.52. The largest absolute Gasteiger partial charge is 0.493 e. The zero-order chi connectivity index (χ0) is 20.8. The summed E-state index contributed by atoms with van der Waals surface area (Å²) >= 11 is 0. The first kappa shape index (κ1) is 20.4. The number of hydrogen-bond donors (Lipinski definition) is 1. The van der Waals surface area contributed by atoms with Crippen molar-refractivity contribution in [2.75, 3.05) is 20.8 Å². The van der Waals surface area contributed by atoms with E-state index in [-0.39, 0.29) is 17.9 Å². The molecular weight excluding hydrogens is 370 g/mol. The molecule has 0 radical (unpaired) electrons. The third-order valence-corrected chi connectivity index (χ3v) is 4.79. The molecule has 0 unspecified atom stereocenters. The van der Waals surface area contributed by atoms with Gasteiger partial charge in [-0.15, -0.1) is 0 Å². The van der Waals surface area contributed by atoms with Crippen LogP contribution in [0.1, 0.15) is 24.7 Å². The standard InChI is InChI=1S/C22H25N3O4/c1-4-25(14-15-9-10-18(28-2)19(13-15)29-3)21(26)12-11-20-23-17-8-6-5-7-16(17)22(27)24-20/h5-10,13H,4,11-12,14H2,1-3H3,(H,23,24,27). The van der Waals surface area contributed by atoms with Crippen LogP contribution < -0.4 is 15.0 Å². The van der Waals surface area contributed by atoms with Crippen LogP contribution in [0.2, 0.25) is 0 Å². The number of para-hydroxylation sites is 1. The molecule has 1 heterocycles. The summed E-state index contributed by atoms with van der Waals surface area (Å²) < 4.78 is 10.6. The van der Waals surface area contributed by atoms with Gasteiger partial charge in [0, 0.05) is 25.9 Å². The summed E-state index contributed by atoms with van der Waals surface area (Å²) in [5, 5.41) is 0.547. The van der Waals surface area contributed by atoms with E-state index in [0.717, 1.165) is 5.56 Å². The first-order chi connectivity index (χ1) is 14.0. The number of ether oxygens (including phenoxy) is 2. The Morgan fingerprint density at radius 1 is 1.10 bits per heavy atom. The molecule has 0 spiro atoms. The third kappa shape index (κ3) is 4.74. The summed E-state index contributed by atoms with van der Waals surface area (Å²) in [6.07, 6.45) is 0.643. The minimum absolute atomic E-state index is 0.00177. The van der Waals surface area contributed by atoms with Gasteiger partial charge in [-0.25, -0.2) is 4.98 Å². The van der Waals surface area contributed by atoms with Gasteiger partial charge < -0.3 is 19.4 Å². The number of benzene rings is 2. The van der Waals surface area contributed by atoms with Gasteiger partial charge in [-0.3, -0.25) is 9.59 Å². The molecule has 0 saturated carbocycles. The van der Waals surface area contributed by atoms with Crippen molar-refractivity contribution in [2.24, 2.45) is 0 Å². The molecule has 0 aliphatic rings. The quantitative estimate of drug-likeness (QED) is 0.634. The first-order valence-corrected chi connectivity index (χ1v) is 9.52. The fourth-order valence-corrected chi connectivity index (χ4v) is 3.21. The summed E-state index contributed by atoms with van der Waals surface area (Å²) in [7, 11) is 3.17. The van der Waals surface area contributed by atoms with Crippen molar-refractivity contribution >= 4 is 16.8 Å². The van der Waals surface area contributed by atoms with E-state index in [0.29, 0.717) is 47.7 Å². The lowest BCUT2D eigenvalue weighted by Gasteiger charge is -2.21. The summed E-state index contributed by atoms with van der Waals surface area (Å²) in [5.41, 5.74) is 1.40. The summed E-state index contributed by atoms with van der Waals surface area (Å²) in [6.45, 7) is 2.99. The highest BCUT2D eigenvalue weighted by atomic mass is 16.5. The Labute approximate surface area is 169 Å². The number of nitrogens with one attached hydrogen (secondary N) is 1. The zero-order valence-corrected chi connectivity index (χ0v) is 16.9. The number of rotatable bonds is 8. The number of hydrogen-bond acceptors (Lipinski definition) is 5. The number of aromatic amines is 1. The van der Waals surface area contributed by atoms with Crippen LogP contribution in [0.4, 0.5) is 0 Å². The van der Waals surface area contributed by atoms with Crippen molar-refractivity contribution in [3.8, 4) is 11.5 Å². The molecule has 2 aromatic carbocycles. The van der Waals surface area contributed by atoms with Gasteiger partial charge in [-0.2, -0.15) is 0 Å². The van der Waals surface area contributed by atoms with Gasteiger partial charge >= 0.3 is 0 Å². The highest BCUT2D eigenvalue weighted by Crippen LogP contribution is 2.28. The van der Waals surface area contributed by atoms with E-state index in [9.17, 15) is 9.59 Å². The zero-order valence-electron chi connectivity index (χ0n) is 16.9. The molecule has 152 valence electrons. The molecule has 0 aliphatic heterocycles. The van der Waals surface area contributed by atoms with Crippen LogP contribution in [-0.4, -0.2) is 41.5 Å². The van der Waals surface area contributed by atoms with Gasteiger partial charge in [0.1, 0.15) is 5.82 Å². The van der Waals surface area contributed by atoms with Gasteiger partial charge in [-0.1, -0.05) is 18.2 Å². The molecule has 0 bridgehead atoms. The normalized spacial score (nSPS) is 10.7. The summed E-state index contributed by atoms with van der Waals surface area (Å²) in [6, 6.07) is 12.8. The number of amides is 1. The summed E-state index contributed by atoms with van der Waals surface area (Å²) in [4.78, 5) is 33.9. The van der Waals surface area contributed by atoms with Gasteiger partial charge in [0.15, 0.2) is 11.5 Å². The van der Waals surface area contributed by atoms with Crippen LogP contribution in [0.15, 0.2) is 47.3 Å². The SMILES string of the molecule is CCN(Cc1ccc(OC)c(OC)c1)C(=O)CCc1nc2ccccc2c(=O)[nH]1. The molecule has 3 aromatic rings. The maximum absolute atomic E-state index is 12.7. The van der Waals surface area contributed by atoms with E-state index >= 15 is 0 Å². The second-order valence-electron chi connectivity index (χ2n) is 6.63. The molecule has 7 heteroatoms. The summed E-state index contributed by atoms with van der Waals surface area (Å²) in [5.74, 6) is 1.80. The van der Waals surface area contributed by atoms with E-state index in [1.807, 2.05) is 31.2 Å². The smallest absolute Gasteiger partial charge is 0.258 e. The molecule has 1 amide bonds. The van der Waals surface area contributed by atoms with Crippen molar-refractivity contribution in [3.05, 3.63) is 64.2 Å². The number of methoxy groups -OCH3 is 2. The Morgan fingerprint density at radius 2 is 1.86 bits per heavy atom. The Balaban J connectivity index is 1.68. The molecule has 1 N–H and O–H groups in total. The van der Waals surface area contributed by atoms with E-state index < -0.39 is 0 Å². The maximum Gasteiger partial charge on any atom is 0.258 e. The van der Waals surface area contributed by atoms with Crippen LogP contribution in [0.5, 0.6) is 11.5 Å². The molecule has 0 atom stereocenters. The number of carbonyl (C=O) groups excluding carboxylic acids is 1. The van der Waals surface area contributed by atoms with Crippen molar-refractivity contribution in [2.45, 2.75) is 26.3 Å². The van der Waals surface area contributed by atoms with Crippen LogP contribution in [-0.2, 0) is 17.8 Å². The molecular formula is C22H25N3O4. The maximum atomic E-state index is 12.7. The monoisotopic (exact) mass is 395 g/mol. The van der Waals surface area contributed by atoms with Gasteiger partial charge in [0.25, 0.3) is 5.56 Å². The molecule has 0 saturated heterocycles. The number of nitrogens with zero attached hydrogens (tertiary/aromatic N) is 2. The highest BCUT2D eigenvalue weighted by Gasteiger charge is 2.15. The lowest BCUT2D eigenvalue weighted by molar-refractivity contribution is -0.131. The number of H-pyrrole nitrogens is 1. The molecule has 7 nitrogen and oxygen atoms in total. The fraction of sp³-hybridized carbons (Fsp3) is 0.318. The molecule has 0 aliphatic carbocycles. The minimum atomic E-state index is -0.185. The van der Waals surface area contributed by atoms with E-state index in [4.69, 9.17) is 9.47 Å². The number of aromatic nitrogens is 2. The number of carbonyl (C=O) groups is 1. The molecule has 29 heavy (non-hydrogen) atoms. The average molecular weight is 395 g/mol. The van der Waals surface area contributed by atoms with Gasteiger partial charge in [0.05, 0.1) is 25.1 Å². The van der Waals surface area contributed by atoms with Crippen molar-refractivity contribution in [3.63, 3.8) is 0 Å². The fourth-order valence-electron chi connectivity index (χ4n) is 3.21. The lowest BCUT2D eigenvalue weighted by Crippen LogP contribution is -2.30. The predicted octanol–water partition coefficient (Wildman–Crippen LogP) is 2.92. The third-order valence-electron chi connectivity index (χ3n) is 4.79. The van der Waals surface area contributed by atoms with Crippen molar-refractivity contribution < 1.29 is 14.3 Å². The molecule has 0 fully saturated rings. The van der Waals surface area contributed by atoms with Crippen molar-refractivity contribution in [1.29, 1.82) is 0 Å². The van der Waals surface area contributed by atoms with E-state index in [1.54, 1.807) is 37.3 Å². The Kier molecular flexibility index (Phi) is 6.49. The average Bonchev–Trinajstić information content (AvgIpc) is 2.75. The van der Waals surface area contributed by atoms with Crippen LogP contribution in [0.25, 0.3) is 10.9 Å². The molecule has 1 aromatic heterocycles. The minimum Gasteiger partial charge on any atom is -0.493 e. The van der Waals surface area contributed by atoms with Crippen molar-refractivity contribution in [1.82, 2.24) is 14.9 Å². The second kappa shape index (κ2) is 9.23. The van der Waals surface area contributed by atoms with Gasteiger partial charge in [-0.05, 0) is 36.8 Å². The van der Waals surface area contributed by atoms with E-state index in [1.165, 1.54) is 0 Å². The van der Waals surface area contributed by atoms with Crippen LogP contribution in [0.3, 0.4) is 0 Å². The Bertz CT molecular complexity index is 1060. The Morgan fingerprint density at radius 3 is 2.59 bits per heavy atom. The van der Waals surface area contributed by atoms with Crippen LogP contribution >= 0.6 is 0 Å². The topological polar surface area (TPSA) is 84.5 Å². The highest BCUT2D eigenvalue weighted by molar-refractivity contribution is 5.78. The van der Waals surface area contributed by atoms with E-state index in [2.05, 4.69) is 9.97 Å². The molecule has 3 rings (SSSR count). The van der Waals surface area contributed by atoms with Gasteiger partial charge in [0.2, 0.25) is 5.91 Å². The number of aryl methyl sites for hydroxylation is 1. The Hall–Kier alpha value is -3.35. The lowest BCUT2D eigenvalue weighted by atomic mass is 10.1. The predicted molar refractivity (Wildman–Crippen MR) is 111 cm³/mol. The second-order valence-corrected chi connectivity index (χ2v) is 6.63. The van der Waals surface area contributed by atoms with Crippen LogP contribution in [0, 0.1) is 0 Å². The number of fused-ring (bicyclic) bond motifs is 1.